The Morgan fingerprint density at radius 2 is 1.55 bits per heavy atom. The van der Waals surface area contributed by atoms with Crippen LogP contribution in [0.25, 0.3) is 22.0 Å². The molecule has 168 valence electrons. The Kier molecular flexibility index (Phi) is 5.67. The highest BCUT2D eigenvalue weighted by atomic mass is 19.4. The number of nitrogens with two attached hydrogens (primary N) is 1. The van der Waals surface area contributed by atoms with Crippen LogP contribution in [0.1, 0.15) is 43.6 Å². The van der Waals surface area contributed by atoms with Crippen LogP contribution in [0.15, 0.2) is 42.5 Å². The van der Waals surface area contributed by atoms with Crippen molar-refractivity contribution in [2.45, 2.75) is 52.6 Å². The SMILES string of the molecule is Cc1c([C@H](N)C(F)(F)F)c2ccc(-c3ccccc3C(F)(F)F)cc2n1CC(C)(C)C. The van der Waals surface area contributed by atoms with E-state index in [2.05, 4.69) is 0 Å². The van der Waals surface area contributed by atoms with E-state index in [0.29, 0.717) is 23.1 Å². The molecule has 1 aromatic heterocycles. The van der Waals surface area contributed by atoms with Crippen molar-refractivity contribution in [3.05, 3.63) is 59.3 Å². The lowest BCUT2D eigenvalue weighted by atomic mass is 9.96. The van der Waals surface area contributed by atoms with Crippen LogP contribution < -0.4 is 5.73 Å². The molecule has 1 heterocycles. The van der Waals surface area contributed by atoms with Gasteiger partial charge in [-0.2, -0.15) is 26.3 Å². The zero-order chi connectivity index (χ0) is 23.4. The highest BCUT2D eigenvalue weighted by Gasteiger charge is 2.41. The first-order valence-electron chi connectivity index (χ1n) is 9.73. The molecular formula is C23H24F6N2. The first-order valence-corrected chi connectivity index (χ1v) is 9.73. The largest absolute Gasteiger partial charge is 0.417 e. The molecule has 0 aliphatic rings. The molecule has 0 radical (unpaired) electrons. The van der Waals surface area contributed by atoms with Crippen LogP contribution in [0, 0.1) is 12.3 Å². The van der Waals surface area contributed by atoms with E-state index in [0.717, 1.165) is 6.07 Å². The van der Waals surface area contributed by atoms with Crippen molar-refractivity contribution in [1.82, 2.24) is 4.57 Å². The maximum atomic E-state index is 13.5. The minimum absolute atomic E-state index is 0.0280. The summed E-state index contributed by atoms with van der Waals surface area (Å²) in [5, 5.41) is 0.291. The van der Waals surface area contributed by atoms with E-state index in [1.165, 1.54) is 36.4 Å². The van der Waals surface area contributed by atoms with Crippen LogP contribution in [-0.4, -0.2) is 10.7 Å². The average Bonchev–Trinajstić information content (AvgIpc) is 2.89. The summed E-state index contributed by atoms with van der Waals surface area (Å²) < 4.78 is 82.6. The standard InChI is InChI=1S/C23H24F6N2/c1-13-19(20(30)23(27,28)29)16-10-9-14(11-18(16)31(13)12-21(2,3)4)15-7-5-6-8-17(15)22(24,25)26/h5-11,20H,12,30H2,1-4H3/t20-/m0/s1. The van der Waals surface area contributed by atoms with Crippen molar-refractivity contribution in [1.29, 1.82) is 0 Å². The van der Waals surface area contributed by atoms with Gasteiger partial charge in [-0.25, -0.2) is 0 Å². The third kappa shape index (κ3) is 4.59. The number of hydrogen-bond acceptors (Lipinski definition) is 1. The van der Waals surface area contributed by atoms with Gasteiger partial charge in [0, 0.05) is 28.7 Å². The maximum absolute atomic E-state index is 13.5. The third-order valence-corrected chi connectivity index (χ3v) is 5.21. The van der Waals surface area contributed by atoms with Crippen molar-refractivity contribution in [3.8, 4) is 11.1 Å². The molecule has 0 amide bonds. The van der Waals surface area contributed by atoms with E-state index in [4.69, 9.17) is 5.73 Å². The second-order valence-corrected chi connectivity index (χ2v) is 8.94. The fourth-order valence-electron chi connectivity index (χ4n) is 3.89. The van der Waals surface area contributed by atoms with Crippen LogP contribution >= 0.6 is 0 Å². The lowest BCUT2D eigenvalue weighted by Crippen LogP contribution is -2.29. The molecule has 3 aromatic rings. The maximum Gasteiger partial charge on any atom is 0.417 e. The number of nitrogens with zero attached hydrogens (tertiary/aromatic N) is 1. The predicted octanol–water partition coefficient (Wildman–Crippen LogP) is 7.24. The highest BCUT2D eigenvalue weighted by Crippen LogP contribution is 2.42. The van der Waals surface area contributed by atoms with Gasteiger partial charge in [0.2, 0.25) is 0 Å². The number of rotatable bonds is 3. The second-order valence-electron chi connectivity index (χ2n) is 8.94. The predicted molar refractivity (Wildman–Crippen MR) is 110 cm³/mol. The van der Waals surface area contributed by atoms with Crippen molar-refractivity contribution in [2.24, 2.45) is 11.1 Å². The number of alkyl halides is 6. The van der Waals surface area contributed by atoms with Gasteiger partial charge in [-0.15, -0.1) is 0 Å². The molecule has 2 N–H and O–H groups in total. The van der Waals surface area contributed by atoms with Crippen LogP contribution in [-0.2, 0) is 12.7 Å². The number of fused-ring (bicyclic) bond motifs is 1. The average molecular weight is 442 g/mol. The summed E-state index contributed by atoms with van der Waals surface area (Å²) in [6, 6.07) is 7.33. The summed E-state index contributed by atoms with van der Waals surface area (Å²) in [6.45, 7) is 7.75. The molecule has 31 heavy (non-hydrogen) atoms. The molecule has 0 fully saturated rings. The Balaban J connectivity index is 2.32. The summed E-state index contributed by atoms with van der Waals surface area (Å²) in [5.74, 6) is 0. The molecule has 0 aliphatic heterocycles. The second kappa shape index (κ2) is 7.58. The first kappa shape index (κ1) is 23.2. The monoisotopic (exact) mass is 442 g/mol. The van der Waals surface area contributed by atoms with Crippen LogP contribution in [0.4, 0.5) is 26.3 Å². The van der Waals surface area contributed by atoms with Crippen molar-refractivity contribution in [3.63, 3.8) is 0 Å². The first-order chi connectivity index (χ1) is 14.1. The van der Waals surface area contributed by atoms with Gasteiger partial charge in [0.1, 0.15) is 6.04 Å². The molecule has 3 rings (SSSR count). The number of hydrogen-bond donors (Lipinski definition) is 1. The molecular weight excluding hydrogens is 418 g/mol. The van der Waals surface area contributed by atoms with Gasteiger partial charge in [-0.05, 0) is 35.6 Å². The zero-order valence-corrected chi connectivity index (χ0v) is 17.6. The fourth-order valence-corrected chi connectivity index (χ4v) is 3.89. The highest BCUT2D eigenvalue weighted by molar-refractivity contribution is 5.90. The number of aromatic nitrogens is 1. The summed E-state index contributed by atoms with van der Waals surface area (Å²) in [6.07, 6.45) is -9.20. The fraction of sp³-hybridized carbons (Fsp3) is 0.391. The summed E-state index contributed by atoms with van der Waals surface area (Å²) in [7, 11) is 0. The quantitative estimate of drug-likeness (QED) is 0.426. The van der Waals surface area contributed by atoms with E-state index in [-0.39, 0.29) is 22.1 Å². The van der Waals surface area contributed by atoms with E-state index >= 15 is 0 Å². The lowest BCUT2D eigenvalue weighted by Gasteiger charge is -2.22. The van der Waals surface area contributed by atoms with E-state index < -0.39 is 24.0 Å². The molecule has 0 bridgehead atoms. The van der Waals surface area contributed by atoms with Crippen molar-refractivity contribution < 1.29 is 26.3 Å². The lowest BCUT2D eigenvalue weighted by molar-refractivity contribution is -0.149. The normalized spacial score (nSPS) is 14.3. The molecule has 0 unspecified atom stereocenters. The number of halogens is 6. The van der Waals surface area contributed by atoms with E-state index in [1.807, 2.05) is 20.8 Å². The van der Waals surface area contributed by atoms with Gasteiger partial charge in [0.15, 0.2) is 0 Å². The van der Waals surface area contributed by atoms with E-state index in [1.54, 1.807) is 11.5 Å². The Bertz CT molecular complexity index is 1100. The van der Waals surface area contributed by atoms with Gasteiger partial charge < -0.3 is 10.3 Å². The van der Waals surface area contributed by atoms with Crippen LogP contribution in [0.3, 0.4) is 0 Å². The molecule has 2 aromatic carbocycles. The van der Waals surface area contributed by atoms with Gasteiger partial charge in [0.05, 0.1) is 5.56 Å². The van der Waals surface area contributed by atoms with E-state index in [9.17, 15) is 26.3 Å². The Morgan fingerprint density at radius 3 is 2.10 bits per heavy atom. The van der Waals surface area contributed by atoms with Crippen LogP contribution in [0.2, 0.25) is 0 Å². The molecule has 0 saturated heterocycles. The van der Waals surface area contributed by atoms with Gasteiger partial charge in [-0.3, -0.25) is 0 Å². The summed E-state index contributed by atoms with van der Waals surface area (Å²) in [5.41, 5.74) is 5.46. The molecule has 2 nitrogen and oxygen atoms in total. The van der Waals surface area contributed by atoms with Crippen molar-refractivity contribution in [2.75, 3.05) is 0 Å². The Labute approximate surface area is 176 Å². The summed E-state index contributed by atoms with van der Waals surface area (Å²) in [4.78, 5) is 0. The molecule has 0 saturated carbocycles. The zero-order valence-electron chi connectivity index (χ0n) is 17.6. The molecule has 1 atom stereocenters. The smallest absolute Gasteiger partial charge is 0.344 e. The van der Waals surface area contributed by atoms with Gasteiger partial charge in [-0.1, -0.05) is 51.1 Å². The third-order valence-electron chi connectivity index (χ3n) is 5.21. The van der Waals surface area contributed by atoms with Gasteiger partial charge in [0.25, 0.3) is 0 Å². The minimum Gasteiger partial charge on any atom is -0.344 e. The molecule has 8 heteroatoms. The minimum atomic E-state index is -4.65. The number of benzene rings is 2. The van der Waals surface area contributed by atoms with Crippen molar-refractivity contribution >= 4 is 10.9 Å². The summed E-state index contributed by atoms with van der Waals surface area (Å²) >= 11 is 0. The Morgan fingerprint density at radius 1 is 0.935 bits per heavy atom. The van der Waals surface area contributed by atoms with Crippen LogP contribution in [0.5, 0.6) is 0 Å². The molecule has 0 aliphatic carbocycles. The molecule has 0 spiro atoms. The Hall–Kier alpha value is -2.48. The van der Waals surface area contributed by atoms with Gasteiger partial charge >= 0.3 is 12.4 Å². The topological polar surface area (TPSA) is 30.9 Å².